The number of hydrogen-bond donors (Lipinski definition) is 2. The fraction of sp³-hybridized carbons (Fsp3) is 0. The Hall–Kier alpha value is -3.81. The number of amides is 2. The molecule has 0 aliphatic heterocycles. The smallest absolute Gasteiger partial charge is 0.306 e. The van der Waals surface area contributed by atoms with E-state index in [1.54, 1.807) is 49.1 Å². The maximum Gasteiger partial charge on any atom is 0.333 e. The number of nitrogens with one attached hydrogen (secondary N) is 2. The van der Waals surface area contributed by atoms with Gasteiger partial charge in [0.15, 0.2) is 5.65 Å². The molecule has 0 saturated heterocycles. The molecule has 0 unspecified atom stereocenters. The fourth-order valence-electron chi connectivity index (χ4n) is 2.35. The lowest BCUT2D eigenvalue weighted by Crippen LogP contribution is -2.32. The Bertz CT molecular complexity index is 1000. The van der Waals surface area contributed by atoms with Crippen LogP contribution in [0.1, 0.15) is 0 Å². The van der Waals surface area contributed by atoms with E-state index >= 15 is 0 Å². The number of hydrogen-bond acceptors (Lipinski definition) is 5. The highest BCUT2D eigenvalue weighted by molar-refractivity contribution is 6.06. The van der Waals surface area contributed by atoms with Crippen molar-refractivity contribution >= 4 is 34.4 Å². The topological polar surface area (TPSA) is 99.7 Å². The first-order valence-corrected chi connectivity index (χ1v) is 7.54. The van der Waals surface area contributed by atoms with Crippen LogP contribution in [0.3, 0.4) is 0 Å². The second-order valence-electron chi connectivity index (χ2n) is 5.18. The minimum Gasteiger partial charge on any atom is -0.306 e. The number of para-hydroxylation sites is 1. The average Bonchev–Trinajstić information content (AvgIpc) is 3.11. The van der Waals surface area contributed by atoms with Crippen LogP contribution >= 0.6 is 0 Å². The minimum absolute atomic E-state index is 0.229. The zero-order chi connectivity index (χ0) is 17.1. The summed E-state index contributed by atoms with van der Waals surface area (Å²) < 4.78 is 0. The standard InChI is InChI=1S/C17H13N7O/c25-17(21-13-5-4-8-18-11-13)24(14-6-2-1-3-7-14)16-19-9-12-10-20-23-15(12)22-16/h1-11H,(H,21,25)(H,19,20,22,23). The Balaban J connectivity index is 1.74. The molecular weight excluding hydrogens is 318 g/mol. The summed E-state index contributed by atoms with van der Waals surface area (Å²) >= 11 is 0. The number of carbonyl (C=O) groups excluding carboxylic acids is 1. The number of H-pyrrole nitrogens is 1. The molecule has 4 aromatic rings. The highest BCUT2D eigenvalue weighted by atomic mass is 16.2. The molecule has 8 nitrogen and oxygen atoms in total. The van der Waals surface area contributed by atoms with Gasteiger partial charge in [-0.1, -0.05) is 18.2 Å². The monoisotopic (exact) mass is 331 g/mol. The summed E-state index contributed by atoms with van der Waals surface area (Å²) in [5, 5.41) is 10.4. The van der Waals surface area contributed by atoms with E-state index in [1.807, 2.05) is 18.2 Å². The van der Waals surface area contributed by atoms with Crippen LogP contribution in [0.15, 0.2) is 67.3 Å². The summed E-state index contributed by atoms with van der Waals surface area (Å²) in [6.45, 7) is 0. The molecule has 3 heterocycles. The average molecular weight is 331 g/mol. The van der Waals surface area contributed by atoms with E-state index in [2.05, 4.69) is 30.5 Å². The van der Waals surface area contributed by atoms with Gasteiger partial charge in [0.05, 0.1) is 23.0 Å². The molecule has 0 saturated carbocycles. The Morgan fingerprint density at radius 1 is 1.08 bits per heavy atom. The SMILES string of the molecule is O=C(Nc1cccnc1)N(c1ccccc1)c1ncc2c[nH]nc2n1. The number of benzene rings is 1. The van der Waals surface area contributed by atoms with Crippen LogP contribution in [0.5, 0.6) is 0 Å². The van der Waals surface area contributed by atoms with E-state index in [9.17, 15) is 4.79 Å². The predicted octanol–water partition coefficient (Wildman–Crippen LogP) is 3.12. The molecule has 0 spiro atoms. The molecule has 122 valence electrons. The van der Waals surface area contributed by atoms with Gasteiger partial charge < -0.3 is 5.32 Å². The molecule has 3 aromatic heterocycles. The molecule has 1 aromatic carbocycles. The minimum atomic E-state index is -0.394. The van der Waals surface area contributed by atoms with Gasteiger partial charge in [0.25, 0.3) is 0 Å². The molecular formula is C17H13N7O. The van der Waals surface area contributed by atoms with Gasteiger partial charge in [0.1, 0.15) is 0 Å². The van der Waals surface area contributed by atoms with Gasteiger partial charge in [0, 0.05) is 18.6 Å². The van der Waals surface area contributed by atoms with E-state index in [0.29, 0.717) is 17.0 Å². The molecule has 2 amide bonds. The summed E-state index contributed by atoms with van der Waals surface area (Å²) in [5.74, 6) is 0.229. The molecule has 8 heteroatoms. The summed E-state index contributed by atoms with van der Waals surface area (Å²) in [5.41, 5.74) is 1.70. The maximum atomic E-state index is 12.9. The molecule has 0 radical (unpaired) electrons. The van der Waals surface area contributed by atoms with Crippen LogP contribution in [0.25, 0.3) is 11.0 Å². The molecule has 2 N–H and O–H groups in total. The number of fused-ring (bicyclic) bond motifs is 1. The summed E-state index contributed by atoms with van der Waals surface area (Å²) in [7, 11) is 0. The summed E-state index contributed by atoms with van der Waals surface area (Å²) in [6, 6.07) is 12.3. The number of urea groups is 1. The number of carbonyl (C=O) groups is 1. The highest BCUT2D eigenvalue weighted by Crippen LogP contribution is 2.24. The second kappa shape index (κ2) is 6.36. The number of aromatic nitrogens is 5. The normalized spacial score (nSPS) is 10.6. The molecule has 0 fully saturated rings. The van der Waals surface area contributed by atoms with Crippen LogP contribution in [-0.4, -0.2) is 31.2 Å². The number of pyridine rings is 1. The number of nitrogens with zero attached hydrogens (tertiary/aromatic N) is 5. The van der Waals surface area contributed by atoms with Crippen molar-refractivity contribution in [3.05, 3.63) is 67.3 Å². The van der Waals surface area contributed by atoms with Crippen LogP contribution in [0, 0.1) is 0 Å². The third kappa shape index (κ3) is 3.00. The lowest BCUT2D eigenvalue weighted by molar-refractivity contribution is 0.258. The molecule has 0 bridgehead atoms. The zero-order valence-electron chi connectivity index (χ0n) is 13.0. The number of aromatic amines is 1. The highest BCUT2D eigenvalue weighted by Gasteiger charge is 2.21. The molecule has 0 atom stereocenters. The fourth-order valence-corrected chi connectivity index (χ4v) is 2.35. The van der Waals surface area contributed by atoms with Gasteiger partial charge in [-0.25, -0.2) is 14.7 Å². The third-order valence-corrected chi connectivity index (χ3v) is 3.50. The Labute approximate surface area is 142 Å². The van der Waals surface area contributed by atoms with Gasteiger partial charge in [-0.2, -0.15) is 10.1 Å². The van der Waals surface area contributed by atoms with Gasteiger partial charge in [-0.15, -0.1) is 0 Å². The van der Waals surface area contributed by atoms with Crippen molar-refractivity contribution < 1.29 is 4.79 Å². The van der Waals surface area contributed by atoms with Crippen molar-refractivity contribution in [3.8, 4) is 0 Å². The van der Waals surface area contributed by atoms with Crippen molar-refractivity contribution in [1.29, 1.82) is 0 Å². The van der Waals surface area contributed by atoms with Gasteiger partial charge >= 0.3 is 6.03 Å². The van der Waals surface area contributed by atoms with E-state index in [0.717, 1.165) is 5.39 Å². The van der Waals surface area contributed by atoms with Crippen molar-refractivity contribution in [2.24, 2.45) is 0 Å². The molecule has 0 aliphatic carbocycles. The van der Waals surface area contributed by atoms with Crippen LogP contribution in [0.2, 0.25) is 0 Å². The van der Waals surface area contributed by atoms with Crippen molar-refractivity contribution in [1.82, 2.24) is 25.1 Å². The zero-order valence-corrected chi connectivity index (χ0v) is 13.0. The van der Waals surface area contributed by atoms with Gasteiger partial charge in [0.2, 0.25) is 5.95 Å². The van der Waals surface area contributed by atoms with Crippen LogP contribution < -0.4 is 10.2 Å². The largest absolute Gasteiger partial charge is 0.333 e. The first kappa shape index (κ1) is 14.8. The van der Waals surface area contributed by atoms with Crippen molar-refractivity contribution in [3.63, 3.8) is 0 Å². The van der Waals surface area contributed by atoms with E-state index in [1.165, 1.54) is 4.90 Å². The van der Waals surface area contributed by atoms with Crippen molar-refractivity contribution in [2.75, 3.05) is 10.2 Å². The summed E-state index contributed by atoms with van der Waals surface area (Å²) in [6.07, 6.45) is 6.52. The molecule has 4 rings (SSSR count). The number of rotatable bonds is 3. The summed E-state index contributed by atoms with van der Waals surface area (Å²) in [4.78, 5) is 26.9. The Morgan fingerprint density at radius 2 is 1.96 bits per heavy atom. The second-order valence-corrected chi connectivity index (χ2v) is 5.18. The Morgan fingerprint density at radius 3 is 2.76 bits per heavy atom. The van der Waals surface area contributed by atoms with E-state index < -0.39 is 6.03 Å². The van der Waals surface area contributed by atoms with Crippen molar-refractivity contribution in [2.45, 2.75) is 0 Å². The van der Waals surface area contributed by atoms with Gasteiger partial charge in [-0.3, -0.25) is 10.1 Å². The van der Waals surface area contributed by atoms with E-state index in [-0.39, 0.29) is 5.95 Å². The molecule has 0 aliphatic rings. The lowest BCUT2D eigenvalue weighted by Gasteiger charge is -2.21. The first-order chi connectivity index (χ1) is 12.3. The van der Waals surface area contributed by atoms with Crippen LogP contribution in [-0.2, 0) is 0 Å². The van der Waals surface area contributed by atoms with Gasteiger partial charge in [-0.05, 0) is 24.3 Å². The van der Waals surface area contributed by atoms with Crippen LogP contribution in [0.4, 0.5) is 22.1 Å². The molecule has 25 heavy (non-hydrogen) atoms. The predicted molar refractivity (Wildman–Crippen MR) is 93.5 cm³/mol. The quantitative estimate of drug-likeness (QED) is 0.601. The Kier molecular flexibility index (Phi) is 3.76. The maximum absolute atomic E-state index is 12.9. The third-order valence-electron chi connectivity index (χ3n) is 3.50. The first-order valence-electron chi connectivity index (χ1n) is 7.54. The lowest BCUT2D eigenvalue weighted by atomic mass is 10.3. The van der Waals surface area contributed by atoms with E-state index in [4.69, 9.17) is 0 Å². The number of anilines is 3.